The molecule has 0 fully saturated rings. The van der Waals surface area contributed by atoms with Crippen molar-refractivity contribution in [2.24, 2.45) is 0 Å². The van der Waals surface area contributed by atoms with E-state index >= 15 is 0 Å². The standard InChI is InChI=1S/C15H20N2O2S/c1-8-7-11-9(2)12(20-13(11)16-10(8)3)17-14(18)19-15(4,5)6/h7H,1-6H3,(H,17,18). The minimum atomic E-state index is -0.500. The number of amides is 1. The third-order valence-corrected chi connectivity index (χ3v) is 4.11. The molecular weight excluding hydrogens is 272 g/mol. The van der Waals surface area contributed by atoms with Crippen LogP contribution in [0.15, 0.2) is 6.07 Å². The molecule has 0 bridgehead atoms. The van der Waals surface area contributed by atoms with Crippen LogP contribution in [0.1, 0.15) is 37.6 Å². The molecule has 2 aromatic rings. The van der Waals surface area contributed by atoms with Gasteiger partial charge in [0.05, 0.1) is 0 Å². The summed E-state index contributed by atoms with van der Waals surface area (Å²) >= 11 is 1.48. The van der Waals surface area contributed by atoms with Crippen LogP contribution in [0.2, 0.25) is 0 Å². The lowest BCUT2D eigenvalue weighted by Crippen LogP contribution is -2.27. The Bertz CT molecular complexity index is 669. The fourth-order valence-electron chi connectivity index (χ4n) is 1.84. The van der Waals surface area contributed by atoms with Gasteiger partial charge in [-0.15, -0.1) is 0 Å². The van der Waals surface area contributed by atoms with Gasteiger partial charge >= 0.3 is 6.09 Å². The molecular formula is C15H20N2O2S. The predicted octanol–water partition coefficient (Wildman–Crippen LogP) is 4.57. The first-order chi connectivity index (χ1) is 9.17. The molecule has 2 heterocycles. The normalized spacial score (nSPS) is 11.7. The third kappa shape index (κ3) is 3.10. The van der Waals surface area contributed by atoms with Crippen molar-refractivity contribution in [2.45, 2.75) is 47.1 Å². The number of fused-ring (bicyclic) bond motifs is 1. The summed E-state index contributed by atoms with van der Waals surface area (Å²) in [4.78, 5) is 17.4. The summed E-state index contributed by atoms with van der Waals surface area (Å²) in [6.07, 6.45) is -0.430. The van der Waals surface area contributed by atoms with Crippen LogP contribution < -0.4 is 5.32 Å². The highest BCUT2D eigenvalue weighted by Crippen LogP contribution is 2.35. The summed E-state index contributed by atoms with van der Waals surface area (Å²) in [6, 6.07) is 2.11. The van der Waals surface area contributed by atoms with Gasteiger partial charge in [-0.1, -0.05) is 11.3 Å². The summed E-state index contributed by atoms with van der Waals surface area (Å²) in [5, 5.41) is 4.70. The number of thiophene rings is 1. The summed E-state index contributed by atoms with van der Waals surface area (Å²) in [6.45, 7) is 11.6. The molecule has 0 unspecified atom stereocenters. The summed E-state index contributed by atoms with van der Waals surface area (Å²) in [5.41, 5.74) is 2.70. The van der Waals surface area contributed by atoms with Crippen molar-refractivity contribution in [3.05, 3.63) is 22.9 Å². The molecule has 0 aliphatic rings. The monoisotopic (exact) mass is 292 g/mol. The number of nitrogens with one attached hydrogen (secondary N) is 1. The molecule has 0 spiro atoms. The number of hydrogen-bond acceptors (Lipinski definition) is 4. The van der Waals surface area contributed by atoms with Gasteiger partial charge in [0.2, 0.25) is 0 Å². The number of ether oxygens (including phenoxy) is 1. The second-order valence-electron chi connectivity index (χ2n) is 5.93. The highest BCUT2D eigenvalue weighted by molar-refractivity contribution is 7.22. The van der Waals surface area contributed by atoms with E-state index in [0.29, 0.717) is 0 Å². The molecule has 0 atom stereocenters. The van der Waals surface area contributed by atoms with Gasteiger partial charge in [-0.3, -0.25) is 5.32 Å². The van der Waals surface area contributed by atoms with Gasteiger partial charge in [-0.25, -0.2) is 9.78 Å². The van der Waals surface area contributed by atoms with Crippen molar-refractivity contribution in [1.29, 1.82) is 0 Å². The van der Waals surface area contributed by atoms with Crippen LogP contribution >= 0.6 is 11.3 Å². The Balaban J connectivity index is 2.32. The zero-order chi connectivity index (χ0) is 15.1. The van der Waals surface area contributed by atoms with Crippen molar-refractivity contribution < 1.29 is 9.53 Å². The molecule has 20 heavy (non-hydrogen) atoms. The van der Waals surface area contributed by atoms with Gasteiger partial charge in [0, 0.05) is 11.1 Å². The molecule has 2 rings (SSSR count). The molecule has 5 heteroatoms. The summed E-state index contributed by atoms with van der Waals surface area (Å²) in [5.74, 6) is 0. The number of aromatic nitrogens is 1. The highest BCUT2D eigenvalue weighted by Gasteiger charge is 2.19. The molecule has 0 aliphatic carbocycles. The number of aryl methyl sites for hydroxylation is 3. The van der Waals surface area contributed by atoms with Gasteiger partial charge in [-0.2, -0.15) is 0 Å². The van der Waals surface area contributed by atoms with Crippen molar-refractivity contribution in [3.63, 3.8) is 0 Å². The van der Waals surface area contributed by atoms with Crippen LogP contribution in [0.3, 0.4) is 0 Å². The van der Waals surface area contributed by atoms with Gasteiger partial charge < -0.3 is 4.74 Å². The van der Waals surface area contributed by atoms with Crippen molar-refractivity contribution >= 4 is 32.6 Å². The Labute approximate surface area is 123 Å². The SMILES string of the molecule is Cc1cc2c(C)c(NC(=O)OC(C)(C)C)sc2nc1C. The lowest BCUT2D eigenvalue weighted by atomic mass is 10.1. The molecule has 0 aromatic carbocycles. The lowest BCUT2D eigenvalue weighted by molar-refractivity contribution is 0.0636. The average molecular weight is 292 g/mol. The topological polar surface area (TPSA) is 51.2 Å². The van der Waals surface area contributed by atoms with E-state index in [4.69, 9.17) is 4.74 Å². The highest BCUT2D eigenvalue weighted by atomic mass is 32.1. The van der Waals surface area contributed by atoms with E-state index in [-0.39, 0.29) is 0 Å². The van der Waals surface area contributed by atoms with Crippen LogP contribution in [-0.2, 0) is 4.74 Å². The number of hydrogen-bond donors (Lipinski definition) is 1. The molecule has 2 aromatic heterocycles. The first-order valence-electron chi connectivity index (χ1n) is 6.55. The number of anilines is 1. The quantitative estimate of drug-likeness (QED) is 0.837. The number of carbonyl (C=O) groups excluding carboxylic acids is 1. The summed E-state index contributed by atoms with van der Waals surface area (Å²) < 4.78 is 5.28. The third-order valence-electron chi connectivity index (χ3n) is 2.99. The molecule has 4 nitrogen and oxygen atoms in total. The van der Waals surface area contributed by atoms with E-state index in [2.05, 4.69) is 16.4 Å². The minimum absolute atomic E-state index is 0.430. The smallest absolute Gasteiger partial charge is 0.412 e. The van der Waals surface area contributed by atoms with E-state index in [9.17, 15) is 4.79 Å². The maximum Gasteiger partial charge on any atom is 0.412 e. The first kappa shape index (κ1) is 14.8. The van der Waals surface area contributed by atoms with Crippen molar-refractivity contribution in [3.8, 4) is 0 Å². The van der Waals surface area contributed by atoms with Gasteiger partial charge in [0.15, 0.2) is 0 Å². The maximum absolute atomic E-state index is 11.8. The zero-order valence-corrected chi connectivity index (χ0v) is 13.6. The van der Waals surface area contributed by atoms with Crippen LogP contribution in [-0.4, -0.2) is 16.7 Å². The number of pyridine rings is 1. The van der Waals surface area contributed by atoms with Crippen LogP contribution in [0.25, 0.3) is 10.2 Å². The number of rotatable bonds is 1. The van der Waals surface area contributed by atoms with Crippen molar-refractivity contribution in [2.75, 3.05) is 5.32 Å². The molecule has 0 saturated carbocycles. The van der Waals surface area contributed by atoms with E-state index in [1.165, 1.54) is 11.3 Å². The number of nitrogens with zero attached hydrogens (tertiary/aromatic N) is 1. The Morgan fingerprint density at radius 2 is 1.95 bits per heavy atom. The Morgan fingerprint density at radius 1 is 1.30 bits per heavy atom. The predicted molar refractivity (Wildman–Crippen MR) is 83.7 cm³/mol. The van der Waals surface area contributed by atoms with E-state index < -0.39 is 11.7 Å². The molecule has 0 radical (unpaired) electrons. The van der Waals surface area contributed by atoms with Crippen LogP contribution in [0.5, 0.6) is 0 Å². The minimum Gasteiger partial charge on any atom is -0.444 e. The van der Waals surface area contributed by atoms with Gasteiger partial charge in [-0.05, 0) is 58.7 Å². The largest absolute Gasteiger partial charge is 0.444 e. The zero-order valence-electron chi connectivity index (χ0n) is 12.7. The van der Waals surface area contributed by atoms with Crippen LogP contribution in [0.4, 0.5) is 9.80 Å². The lowest BCUT2D eigenvalue weighted by Gasteiger charge is -2.19. The fourth-order valence-corrected chi connectivity index (χ4v) is 2.94. The van der Waals surface area contributed by atoms with Gasteiger partial charge in [0.25, 0.3) is 0 Å². The molecule has 108 valence electrons. The Morgan fingerprint density at radius 3 is 2.55 bits per heavy atom. The van der Waals surface area contributed by atoms with Gasteiger partial charge in [0.1, 0.15) is 15.4 Å². The molecule has 1 N–H and O–H groups in total. The van der Waals surface area contributed by atoms with Crippen molar-refractivity contribution in [1.82, 2.24) is 4.98 Å². The maximum atomic E-state index is 11.8. The van der Waals surface area contributed by atoms with E-state index in [1.807, 2.05) is 41.5 Å². The number of carbonyl (C=O) groups is 1. The first-order valence-corrected chi connectivity index (χ1v) is 7.36. The average Bonchev–Trinajstić information content (AvgIpc) is 2.55. The Hall–Kier alpha value is -1.62. The van der Waals surface area contributed by atoms with E-state index in [0.717, 1.165) is 32.0 Å². The Kier molecular flexibility index (Phi) is 3.73. The fraction of sp³-hybridized carbons (Fsp3) is 0.467. The van der Waals surface area contributed by atoms with E-state index in [1.54, 1.807) is 0 Å². The summed E-state index contributed by atoms with van der Waals surface area (Å²) in [7, 11) is 0. The molecule has 1 amide bonds. The molecule has 0 saturated heterocycles. The van der Waals surface area contributed by atoms with Crippen LogP contribution in [0, 0.1) is 20.8 Å². The molecule has 0 aliphatic heterocycles. The second kappa shape index (κ2) is 5.05. The second-order valence-corrected chi connectivity index (χ2v) is 6.93.